The third kappa shape index (κ3) is 4.72. The lowest BCUT2D eigenvalue weighted by molar-refractivity contribution is 0.0948. The number of nitrogens with zero attached hydrogens (tertiary/aromatic N) is 3. The Morgan fingerprint density at radius 3 is 2.66 bits per heavy atom. The second-order valence-electron chi connectivity index (χ2n) is 6.99. The molecule has 0 radical (unpaired) electrons. The van der Waals surface area contributed by atoms with Crippen LogP contribution in [0.25, 0.3) is 11.3 Å². The predicted molar refractivity (Wildman–Crippen MR) is 112 cm³/mol. The zero-order valence-corrected chi connectivity index (χ0v) is 16.9. The number of aromatic hydroxyl groups is 1. The topological polar surface area (TPSA) is 89.3 Å². The molecule has 9 heteroatoms. The van der Waals surface area contributed by atoms with Gasteiger partial charge in [-0.05, 0) is 42.0 Å². The van der Waals surface area contributed by atoms with Crippen LogP contribution in [0.4, 0.5) is 8.78 Å². The van der Waals surface area contributed by atoms with E-state index in [2.05, 4.69) is 15.4 Å². The van der Waals surface area contributed by atoms with E-state index in [0.29, 0.717) is 22.8 Å². The Hall–Kier alpha value is -4.27. The maximum absolute atomic E-state index is 13.3. The number of ether oxygens (including phenoxy) is 1. The third-order valence-electron chi connectivity index (χ3n) is 4.62. The number of amides is 1. The molecular formula is C23H18F2N4O3. The van der Waals surface area contributed by atoms with Gasteiger partial charge in [-0.3, -0.25) is 14.5 Å². The average Bonchev–Trinajstić information content (AvgIpc) is 3.22. The first-order valence-corrected chi connectivity index (χ1v) is 9.57. The second-order valence-corrected chi connectivity index (χ2v) is 6.99. The van der Waals surface area contributed by atoms with Gasteiger partial charge in [-0.2, -0.15) is 5.10 Å². The lowest BCUT2D eigenvalue weighted by Gasteiger charge is -2.11. The van der Waals surface area contributed by atoms with Crippen LogP contribution >= 0.6 is 0 Å². The molecule has 162 valence electrons. The molecule has 2 heterocycles. The Balaban J connectivity index is 1.48. The molecule has 0 aliphatic rings. The van der Waals surface area contributed by atoms with E-state index in [9.17, 15) is 18.7 Å². The van der Waals surface area contributed by atoms with Crippen LogP contribution < -0.4 is 10.1 Å². The fraction of sp³-hybridized carbons (Fsp3) is 0.0870. The molecule has 2 N–H and O–H groups in total. The smallest absolute Gasteiger partial charge is 0.255 e. The summed E-state index contributed by atoms with van der Waals surface area (Å²) < 4.78 is 33.9. The summed E-state index contributed by atoms with van der Waals surface area (Å²) in [6.45, 7) is -0.0423. The fourth-order valence-electron chi connectivity index (χ4n) is 3.01. The average molecular weight is 436 g/mol. The number of carbonyl (C=O) groups is 1. The molecule has 0 saturated heterocycles. The summed E-state index contributed by atoms with van der Waals surface area (Å²) in [7, 11) is 1.81. The molecule has 0 aliphatic heterocycles. The van der Waals surface area contributed by atoms with Crippen molar-refractivity contribution in [2.75, 3.05) is 0 Å². The van der Waals surface area contributed by atoms with Gasteiger partial charge < -0.3 is 15.2 Å². The Bertz CT molecular complexity index is 1290. The van der Waals surface area contributed by atoms with E-state index < -0.39 is 17.5 Å². The summed E-state index contributed by atoms with van der Waals surface area (Å²) in [4.78, 5) is 16.8. The molecule has 0 saturated carbocycles. The normalized spacial score (nSPS) is 10.7. The molecule has 7 nitrogen and oxygen atoms in total. The van der Waals surface area contributed by atoms with Gasteiger partial charge in [-0.15, -0.1) is 0 Å². The lowest BCUT2D eigenvalue weighted by Crippen LogP contribution is -2.23. The van der Waals surface area contributed by atoms with Crippen molar-refractivity contribution < 1.29 is 23.4 Å². The summed E-state index contributed by atoms with van der Waals surface area (Å²) in [5.41, 5.74) is 1.84. The number of phenolic OH excluding ortho intramolecular Hbond substituents is 1. The van der Waals surface area contributed by atoms with Crippen LogP contribution in [0, 0.1) is 11.6 Å². The summed E-state index contributed by atoms with van der Waals surface area (Å²) >= 11 is 0. The maximum Gasteiger partial charge on any atom is 0.255 e. The van der Waals surface area contributed by atoms with E-state index in [4.69, 9.17) is 4.74 Å². The van der Waals surface area contributed by atoms with Gasteiger partial charge in [0, 0.05) is 37.6 Å². The molecule has 32 heavy (non-hydrogen) atoms. The molecule has 2 aromatic heterocycles. The number of nitrogens with one attached hydrogen (secondary N) is 1. The number of aryl methyl sites for hydroxylation is 1. The quantitative estimate of drug-likeness (QED) is 0.473. The third-order valence-corrected chi connectivity index (χ3v) is 4.62. The molecule has 0 bridgehead atoms. The number of hydrogen-bond donors (Lipinski definition) is 2. The van der Waals surface area contributed by atoms with Crippen molar-refractivity contribution in [3.63, 3.8) is 0 Å². The summed E-state index contributed by atoms with van der Waals surface area (Å²) in [5, 5.41) is 16.8. The van der Waals surface area contributed by atoms with Gasteiger partial charge in [0.2, 0.25) is 0 Å². The van der Waals surface area contributed by atoms with Crippen molar-refractivity contribution in [3.8, 4) is 28.5 Å². The maximum atomic E-state index is 13.3. The van der Waals surface area contributed by atoms with Crippen LogP contribution in [0.3, 0.4) is 0 Å². The Morgan fingerprint density at radius 2 is 1.91 bits per heavy atom. The lowest BCUT2D eigenvalue weighted by atomic mass is 10.1. The standard InChI is InChI=1S/C23H18F2N4O3/c1-29-13-15(12-28-29)21-10-17(6-7-26-21)32-16-3-5-22(30)18(9-16)23(31)27-11-14-2-4-19(24)20(25)8-14/h2-10,12-13,30H,11H2,1H3,(H,27,31). The highest BCUT2D eigenvalue weighted by Crippen LogP contribution is 2.29. The van der Waals surface area contributed by atoms with Crippen LogP contribution in [0.15, 0.2) is 67.1 Å². The molecular weight excluding hydrogens is 418 g/mol. The fourth-order valence-corrected chi connectivity index (χ4v) is 3.01. The van der Waals surface area contributed by atoms with Gasteiger partial charge in [-0.1, -0.05) is 6.07 Å². The number of hydrogen-bond acceptors (Lipinski definition) is 5. The van der Waals surface area contributed by atoms with Crippen molar-refractivity contribution in [3.05, 3.63) is 89.9 Å². The number of halogens is 2. The van der Waals surface area contributed by atoms with Crippen LogP contribution in [-0.4, -0.2) is 25.8 Å². The molecule has 4 rings (SSSR count). The number of pyridine rings is 1. The number of phenols is 1. The number of benzene rings is 2. The van der Waals surface area contributed by atoms with E-state index in [1.807, 2.05) is 6.20 Å². The SMILES string of the molecule is Cn1cc(-c2cc(Oc3ccc(O)c(C(=O)NCc4ccc(F)c(F)c4)c3)ccn2)cn1. The zero-order valence-electron chi connectivity index (χ0n) is 16.9. The van der Waals surface area contributed by atoms with Crippen LogP contribution in [0.5, 0.6) is 17.2 Å². The van der Waals surface area contributed by atoms with Crippen molar-refractivity contribution in [1.82, 2.24) is 20.1 Å². The molecule has 0 unspecified atom stereocenters. The van der Waals surface area contributed by atoms with Gasteiger partial charge in [0.15, 0.2) is 11.6 Å². The van der Waals surface area contributed by atoms with Crippen molar-refractivity contribution in [1.29, 1.82) is 0 Å². The van der Waals surface area contributed by atoms with Crippen molar-refractivity contribution in [2.45, 2.75) is 6.54 Å². The first kappa shape index (κ1) is 21.0. The molecule has 0 aliphatic carbocycles. The first-order chi connectivity index (χ1) is 15.4. The number of rotatable bonds is 6. The highest BCUT2D eigenvalue weighted by Gasteiger charge is 2.14. The van der Waals surface area contributed by atoms with E-state index in [-0.39, 0.29) is 17.9 Å². The largest absolute Gasteiger partial charge is 0.507 e. The number of carbonyl (C=O) groups excluding carboxylic acids is 1. The van der Waals surface area contributed by atoms with Gasteiger partial charge in [-0.25, -0.2) is 8.78 Å². The summed E-state index contributed by atoms with van der Waals surface area (Å²) in [6.07, 6.45) is 5.09. The minimum absolute atomic E-state index is 0.0216. The van der Waals surface area contributed by atoms with Crippen LogP contribution in [0.1, 0.15) is 15.9 Å². The molecule has 0 fully saturated rings. The second kappa shape index (κ2) is 8.84. The molecule has 2 aromatic carbocycles. The van der Waals surface area contributed by atoms with Crippen LogP contribution in [-0.2, 0) is 13.6 Å². The number of aromatic nitrogens is 3. The van der Waals surface area contributed by atoms with Gasteiger partial charge in [0.25, 0.3) is 5.91 Å². The van der Waals surface area contributed by atoms with Gasteiger partial charge in [0.05, 0.1) is 17.5 Å². The Morgan fingerprint density at radius 1 is 1.09 bits per heavy atom. The Kier molecular flexibility index (Phi) is 5.80. The van der Waals surface area contributed by atoms with E-state index in [1.165, 1.54) is 24.3 Å². The van der Waals surface area contributed by atoms with Crippen molar-refractivity contribution in [2.24, 2.45) is 7.05 Å². The van der Waals surface area contributed by atoms with Crippen LogP contribution in [0.2, 0.25) is 0 Å². The van der Waals surface area contributed by atoms with E-state index >= 15 is 0 Å². The molecule has 1 amide bonds. The summed E-state index contributed by atoms with van der Waals surface area (Å²) in [6, 6.07) is 11.0. The predicted octanol–water partition coefficient (Wildman–Crippen LogP) is 4.19. The zero-order chi connectivity index (χ0) is 22.7. The minimum Gasteiger partial charge on any atom is -0.507 e. The van der Waals surface area contributed by atoms with E-state index in [1.54, 1.807) is 36.3 Å². The van der Waals surface area contributed by atoms with Gasteiger partial charge >= 0.3 is 0 Å². The first-order valence-electron chi connectivity index (χ1n) is 9.57. The van der Waals surface area contributed by atoms with E-state index in [0.717, 1.165) is 17.7 Å². The monoisotopic (exact) mass is 436 g/mol. The molecule has 4 aromatic rings. The Labute approximate surface area is 181 Å². The highest BCUT2D eigenvalue weighted by molar-refractivity contribution is 5.97. The summed E-state index contributed by atoms with van der Waals surface area (Å²) in [5.74, 6) is -2.00. The molecule has 0 atom stereocenters. The van der Waals surface area contributed by atoms with Crippen molar-refractivity contribution >= 4 is 5.91 Å². The highest BCUT2D eigenvalue weighted by atomic mass is 19.2. The molecule has 0 spiro atoms. The van der Waals surface area contributed by atoms with Gasteiger partial charge in [0.1, 0.15) is 17.2 Å². The minimum atomic E-state index is -1.00.